The van der Waals surface area contributed by atoms with E-state index in [1.54, 1.807) is 0 Å². The summed E-state index contributed by atoms with van der Waals surface area (Å²) in [6.45, 7) is 5.18. The standard InChI is InChI=1S/C10H15N2O/c1-9-7-10(11-13-9)8-12-5-3-2-4-6-12/h2,7H,3-6,8H2,1H3. The molecule has 71 valence electrons. The number of likely N-dealkylation sites (tertiary alicyclic amines) is 1. The Labute approximate surface area is 78.7 Å². The monoisotopic (exact) mass is 179 g/mol. The maximum absolute atomic E-state index is 5.02. The summed E-state index contributed by atoms with van der Waals surface area (Å²) in [5, 5.41) is 3.98. The molecule has 1 aromatic heterocycles. The van der Waals surface area contributed by atoms with E-state index in [0.717, 1.165) is 31.1 Å². The third kappa shape index (κ3) is 2.31. The summed E-state index contributed by atoms with van der Waals surface area (Å²) in [4.78, 5) is 2.41. The lowest BCUT2D eigenvalue weighted by atomic mass is 10.1. The van der Waals surface area contributed by atoms with Crippen LogP contribution in [-0.4, -0.2) is 23.1 Å². The van der Waals surface area contributed by atoms with Gasteiger partial charge in [0.1, 0.15) is 5.76 Å². The number of nitrogens with zero attached hydrogens (tertiary/aromatic N) is 2. The van der Waals surface area contributed by atoms with Crippen LogP contribution in [0.4, 0.5) is 0 Å². The Morgan fingerprint density at radius 2 is 2.23 bits per heavy atom. The van der Waals surface area contributed by atoms with Gasteiger partial charge in [0.2, 0.25) is 0 Å². The second-order valence-corrected chi connectivity index (χ2v) is 3.57. The van der Waals surface area contributed by atoms with E-state index in [0.29, 0.717) is 0 Å². The highest BCUT2D eigenvalue weighted by atomic mass is 16.5. The van der Waals surface area contributed by atoms with Crippen LogP contribution in [0.15, 0.2) is 10.6 Å². The minimum atomic E-state index is 0.901. The smallest absolute Gasteiger partial charge is 0.133 e. The summed E-state index contributed by atoms with van der Waals surface area (Å²) in [6, 6.07) is 2.01. The molecule has 2 rings (SSSR count). The van der Waals surface area contributed by atoms with E-state index in [1.807, 2.05) is 13.0 Å². The number of aryl methyl sites for hydroxylation is 1. The molecule has 3 nitrogen and oxygen atoms in total. The predicted molar refractivity (Wildman–Crippen MR) is 50.1 cm³/mol. The van der Waals surface area contributed by atoms with E-state index < -0.39 is 0 Å². The van der Waals surface area contributed by atoms with E-state index in [-0.39, 0.29) is 0 Å². The van der Waals surface area contributed by atoms with Crippen LogP contribution in [0.1, 0.15) is 24.3 Å². The molecule has 0 bridgehead atoms. The Bertz CT molecular complexity index is 264. The van der Waals surface area contributed by atoms with Crippen LogP contribution in [0.2, 0.25) is 0 Å². The highest BCUT2D eigenvalue weighted by molar-refractivity contribution is 5.03. The van der Waals surface area contributed by atoms with Gasteiger partial charge >= 0.3 is 0 Å². The van der Waals surface area contributed by atoms with Crippen molar-refractivity contribution in [1.82, 2.24) is 10.1 Å². The van der Waals surface area contributed by atoms with Crippen molar-refractivity contribution in [1.29, 1.82) is 0 Å². The molecule has 1 aromatic rings. The Balaban J connectivity index is 1.89. The molecule has 0 amide bonds. The van der Waals surface area contributed by atoms with Crippen molar-refractivity contribution in [3.8, 4) is 0 Å². The molecule has 0 aliphatic carbocycles. The van der Waals surface area contributed by atoms with Gasteiger partial charge in [-0.15, -0.1) is 0 Å². The van der Waals surface area contributed by atoms with Gasteiger partial charge in [-0.2, -0.15) is 0 Å². The second kappa shape index (κ2) is 3.92. The molecule has 0 unspecified atom stereocenters. The number of rotatable bonds is 2. The fraction of sp³-hybridized carbons (Fsp3) is 0.600. The van der Waals surface area contributed by atoms with E-state index in [4.69, 9.17) is 4.52 Å². The molecule has 0 N–H and O–H groups in total. The molecule has 2 heterocycles. The Kier molecular flexibility index (Phi) is 2.64. The molecule has 0 saturated carbocycles. The summed E-state index contributed by atoms with van der Waals surface area (Å²) in [7, 11) is 0. The first-order valence-electron chi connectivity index (χ1n) is 4.81. The van der Waals surface area contributed by atoms with Crippen molar-refractivity contribution in [2.45, 2.75) is 26.3 Å². The molecule has 3 heteroatoms. The van der Waals surface area contributed by atoms with Gasteiger partial charge in [-0.3, -0.25) is 4.90 Å². The highest BCUT2D eigenvalue weighted by Gasteiger charge is 2.12. The van der Waals surface area contributed by atoms with Gasteiger partial charge < -0.3 is 4.52 Å². The van der Waals surface area contributed by atoms with Crippen LogP contribution in [0.3, 0.4) is 0 Å². The lowest BCUT2D eigenvalue weighted by molar-refractivity contribution is 0.238. The fourth-order valence-corrected chi connectivity index (χ4v) is 1.68. The Hall–Kier alpha value is -0.830. The fourth-order valence-electron chi connectivity index (χ4n) is 1.68. The van der Waals surface area contributed by atoms with Gasteiger partial charge in [-0.05, 0) is 39.3 Å². The molecule has 1 aliphatic heterocycles. The van der Waals surface area contributed by atoms with Gasteiger partial charge in [0.25, 0.3) is 0 Å². The molecule has 1 fully saturated rings. The topological polar surface area (TPSA) is 29.3 Å². The number of aromatic nitrogens is 1. The zero-order chi connectivity index (χ0) is 9.10. The largest absolute Gasteiger partial charge is 0.361 e. The molecule has 1 aliphatic rings. The van der Waals surface area contributed by atoms with Gasteiger partial charge in [0.15, 0.2) is 0 Å². The second-order valence-electron chi connectivity index (χ2n) is 3.57. The first-order valence-corrected chi connectivity index (χ1v) is 4.81. The van der Waals surface area contributed by atoms with Crippen molar-refractivity contribution in [2.24, 2.45) is 0 Å². The van der Waals surface area contributed by atoms with Crippen LogP contribution in [0, 0.1) is 13.3 Å². The average Bonchev–Trinajstić information content (AvgIpc) is 2.53. The first-order chi connectivity index (χ1) is 6.34. The molecular formula is C10H15N2O. The van der Waals surface area contributed by atoms with Crippen molar-refractivity contribution < 1.29 is 4.52 Å². The van der Waals surface area contributed by atoms with Crippen molar-refractivity contribution in [3.63, 3.8) is 0 Å². The van der Waals surface area contributed by atoms with Crippen molar-refractivity contribution in [2.75, 3.05) is 13.1 Å². The summed E-state index contributed by atoms with van der Waals surface area (Å²) in [5.41, 5.74) is 1.06. The van der Waals surface area contributed by atoms with E-state index >= 15 is 0 Å². The van der Waals surface area contributed by atoms with Crippen LogP contribution in [0.25, 0.3) is 0 Å². The number of piperidine rings is 1. The van der Waals surface area contributed by atoms with Gasteiger partial charge in [0.05, 0.1) is 5.69 Å². The Morgan fingerprint density at radius 1 is 1.46 bits per heavy atom. The summed E-state index contributed by atoms with van der Waals surface area (Å²) >= 11 is 0. The normalized spacial score (nSPS) is 19.2. The van der Waals surface area contributed by atoms with Crippen LogP contribution >= 0.6 is 0 Å². The lowest BCUT2D eigenvalue weighted by Gasteiger charge is -2.24. The minimum Gasteiger partial charge on any atom is -0.361 e. The van der Waals surface area contributed by atoms with Crippen molar-refractivity contribution in [3.05, 3.63) is 23.9 Å². The third-order valence-corrected chi connectivity index (χ3v) is 2.36. The average molecular weight is 179 g/mol. The number of hydrogen-bond acceptors (Lipinski definition) is 3. The Morgan fingerprint density at radius 3 is 2.85 bits per heavy atom. The zero-order valence-electron chi connectivity index (χ0n) is 7.99. The molecule has 0 atom stereocenters. The minimum absolute atomic E-state index is 0.901. The van der Waals surface area contributed by atoms with E-state index in [2.05, 4.69) is 16.5 Å². The third-order valence-electron chi connectivity index (χ3n) is 2.36. The molecule has 0 spiro atoms. The van der Waals surface area contributed by atoms with E-state index in [1.165, 1.54) is 12.8 Å². The van der Waals surface area contributed by atoms with Gasteiger partial charge in [-0.1, -0.05) is 5.16 Å². The summed E-state index contributed by atoms with van der Waals surface area (Å²) in [5.74, 6) is 0.901. The maximum Gasteiger partial charge on any atom is 0.133 e. The molecule has 1 saturated heterocycles. The summed E-state index contributed by atoms with van der Waals surface area (Å²) < 4.78 is 5.02. The maximum atomic E-state index is 5.02. The van der Waals surface area contributed by atoms with Crippen molar-refractivity contribution >= 4 is 0 Å². The highest BCUT2D eigenvalue weighted by Crippen LogP contribution is 2.11. The molecule has 13 heavy (non-hydrogen) atoms. The molecule has 1 radical (unpaired) electrons. The zero-order valence-corrected chi connectivity index (χ0v) is 7.99. The van der Waals surface area contributed by atoms with Crippen LogP contribution in [0.5, 0.6) is 0 Å². The van der Waals surface area contributed by atoms with Gasteiger partial charge in [0, 0.05) is 12.6 Å². The number of hydrogen-bond donors (Lipinski definition) is 0. The van der Waals surface area contributed by atoms with Gasteiger partial charge in [-0.25, -0.2) is 0 Å². The molecule has 0 aromatic carbocycles. The van der Waals surface area contributed by atoms with Crippen LogP contribution in [-0.2, 0) is 6.54 Å². The SMILES string of the molecule is Cc1cc(CN2CC[CH]CC2)no1. The van der Waals surface area contributed by atoms with Crippen LogP contribution < -0.4 is 0 Å². The molecular weight excluding hydrogens is 164 g/mol. The quantitative estimate of drug-likeness (QED) is 0.693. The predicted octanol–water partition coefficient (Wildman–Crippen LogP) is 1.78. The lowest BCUT2D eigenvalue weighted by Crippen LogP contribution is -2.29. The summed E-state index contributed by atoms with van der Waals surface area (Å²) in [6.07, 6.45) is 4.76. The first kappa shape index (κ1) is 8.75. The van der Waals surface area contributed by atoms with E-state index in [9.17, 15) is 0 Å².